The van der Waals surface area contributed by atoms with Crippen molar-refractivity contribution in [3.8, 4) is 5.75 Å². The Bertz CT molecular complexity index is 279. The molecule has 1 rings (SSSR count). The zero-order valence-electron chi connectivity index (χ0n) is 6.83. The van der Waals surface area contributed by atoms with Crippen molar-refractivity contribution < 1.29 is 10.2 Å². The summed E-state index contributed by atoms with van der Waals surface area (Å²) < 4.78 is 0. The molecule has 0 amide bonds. The van der Waals surface area contributed by atoms with Crippen LogP contribution in [0.1, 0.15) is 12.0 Å². The molecule has 1 aromatic carbocycles. The number of aliphatic hydroxyl groups excluding tert-OH is 1. The van der Waals surface area contributed by atoms with E-state index in [4.69, 9.17) is 5.11 Å². The van der Waals surface area contributed by atoms with Crippen molar-refractivity contribution in [1.82, 2.24) is 0 Å². The van der Waals surface area contributed by atoms with Crippen LogP contribution in [0.5, 0.6) is 5.75 Å². The molecule has 12 heavy (non-hydrogen) atoms. The van der Waals surface area contributed by atoms with Gasteiger partial charge in [0.15, 0.2) is 0 Å². The molecule has 2 nitrogen and oxygen atoms in total. The Morgan fingerprint density at radius 1 is 1.33 bits per heavy atom. The summed E-state index contributed by atoms with van der Waals surface area (Å²) in [7, 11) is 0. The molecule has 0 radical (unpaired) electrons. The molecular formula is C10H12O2. The highest BCUT2D eigenvalue weighted by atomic mass is 16.3. The van der Waals surface area contributed by atoms with E-state index in [0.717, 1.165) is 5.57 Å². The summed E-state index contributed by atoms with van der Waals surface area (Å²) in [5.41, 5.74) is 1.47. The van der Waals surface area contributed by atoms with E-state index >= 15 is 0 Å². The normalized spacial score (nSPS) is 9.75. The molecule has 1 aromatic rings. The van der Waals surface area contributed by atoms with E-state index in [0.29, 0.717) is 12.0 Å². The number of para-hydroxylation sites is 1. The van der Waals surface area contributed by atoms with Gasteiger partial charge in [-0.05, 0) is 18.1 Å². The van der Waals surface area contributed by atoms with E-state index in [-0.39, 0.29) is 12.4 Å². The molecule has 0 heterocycles. The van der Waals surface area contributed by atoms with Gasteiger partial charge in [-0.15, -0.1) is 0 Å². The predicted octanol–water partition coefficient (Wildman–Crippen LogP) is 1.79. The zero-order valence-corrected chi connectivity index (χ0v) is 6.83. The third-order valence-electron chi connectivity index (χ3n) is 1.70. The minimum atomic E-state index is 0.0627. The first-order valence-electron chi connectivity index (χ1n) is 3.82. The van der Waals surface area contributed by atoms with Crippen LogP contribution in [-0.2, 0) is 0 Å². The molecule has 0 aliphatic carbocycles. The fourth-order valence-electron chi connectivity index (χ4n) is 1.04. The summed E-state index contributed by atoms with van der Waals surface area (Å²) in [4.78, 5) is 0. The van der Waals surface area contributed by atoms with Crippen molar-refractivity contribution in [2.24, 2.45) is 0 Å². The van der Waals surface area contributed by atoms with Crippen LogP contribution in [0, 0.1) is 0 Å². The monoisotopic (exact) mass is 164 g/mol. The molecule has 0 unspecified atom stereocenters. The lowest BCUT2D eigenvalue weighted by Gasteiger charge is -2.05. The van der Waals surface area contributed by atoms with Gasteiger partial charge < -0.3 is 10.2 Å². The van der Waals surface area contributed by atoms with E-state index in [9.17, 15) is 5.11 Å². The minimum absolute atomic E-state index is 0.0627. The van der Waals surface area contributed by atoms with Crippen molar-refractivity contribution in [3.63, 3.8) is 0 Å². The fourth-order valence-corrected chi connectivity index (χ4v) is 1.04. The maximum absolute atomic E-state index is 9.37. The third-order valence-corrected chi connectivity index (χ3v) is 1.70. The highest BCUT2D eigenvalue weighted by Crippen LogP contribution is 2.24. The van der Waals surface area contributed by atoms with Gasteiger partial charge >= 0.3 is 0 Å². The molecule has 0 spiro atoms. The number of phenols is 1. The first kappa shape index (κ1) is 8.81. The van der Waals surface area contributed by atoms with Gasteiger partial charge in [0.2, 0.25) is 0 Å². The Morgan fingerprint density at radius 2 is 2.00 bits per heavy atom. The maximum Gasteiger partial charge on any atom is 0.123 e. The molecule has 0 aromatic heterocycles. The lowest BCUT2D eigenvalue weighted by Crippen LogP contribution is -1.87. The number of phenolic OH excluding ortho intramolecular Hbond substituents is 1. The number of aliphatic hydroxyl groups is 1. The average molecular weight is 164 g/mol. The van der Waals surface area contributed by atoms with Crippen molar-refractivity contribution in [2.75, 3.05) is 6.61 Å². The van der Waals surface area contributed by atoms with Crippen LogP contribution in [0.15, 0.2) is 30.8 Å². The number of benzene rings is 1. The van der Waals surface area contributed by atoms with Gasteiger partial charge in [0, 0.05) is 12.2 Å². The Hall–Kier alpha value is -1.28. The van der Waals surface area contributed by atoms with Crippen molar-refractivity contribution >= 4 is 5.57 Å². The van der Waals surface area contributed by atoms with Crippen LogP contribution >= 0.6 is 0 Å². The Labute approximate surface area is 71.8 Å². The zero-order chi connectivity index (χ0) is 8.97. The average Bonchev–Trinajstić information content (AvgIpc) is 2.05. The van der Waals surface area contributed by atoms with E-state index in [2.05, 4.69) is 6.58 Å². The van der Waals surface area contributed by atoms with Crippen molar-refractivity contribution in [3.05, 3.63) is 36.4 Å². The highest BCUT2D eigenvalue weighted by Gasteiger charge is 2.02. The van der Waals surface area contributed by atoms with Crippen LogP contribution < -0.4 is 0 Å². The van der Waals surface area contributed by atoms with Crippen LogP contribution in [0.3, 0.4) is 0 Å². The smallest absolute Gasteiger partial charge is 0.123 e. The molecule has 0 saturated heterocycles. The van der Waals surface area contributed by atoms with Gasteiger partial charge in [0.1, 0.15) is 5.75 Å². The van der Waals surface area contributed by atoms with Crippen LogP contribution in [-0.4, -0.2) is 16.8 Å². The quantitative estimate of drug-likeness (QED) is 0.715. The van der Waals surface area contributed by atoms with Gasteiger partial charge in [-0.1, -0.05) is 24.8 Å². The fraction of sp³-hybridized carbons (Fsp3) is 0.200. The van der Waals surface area contributed by atoms with E-state index in [1.165, 1.54) is 0 Å². The summed E-state index contributed by atoms with van der Waals surface area (Å²) >= 11 is 0. The predicted molar refractivity (Wildman–Crippen MR) is 48.8 cm³/mol. The summed E-state index contributed by atoms with van der Waals surface area (Å²) in [5.74, 6) is 0.218. The first-order chi connectivity index (χ1) is 5.75. The summed E-state index contributed by atoms with van der Waals surface area (Å²) in [5, 5.41) is 18.0. The second-order valence-electron chi connectivity index (χ2n) is 2.59. The molecular weight excluding hydrogens is 152 g/mol. The van der Waals surface area contributed by atoms with Crippen molar-refractivity contribution in [2.45, 2.75) is 6.42 Å². The number of hydrogen-bond acceptors (Lipinski definition) is 2. The van der Waals surface area contributed by atoms with Gasteiger partial charge in [0.05, 0.1) is 0 Å². The number of aromatic hydroxyl groups is 1. The van der Waals surface area contributed by atoms with Crippen LogP contribution in [0.25, 0.3) is 5.57 Å². The second kappa shape index (κ2) is 3.93. The Morgan fingerprint density at radius 3 is 2.58 bits per heavy atom. The molecule has 2 N–H and O–H groups in total. The standard InChI is InChI=1S/C10H12O2/c1-8(6-7-11)9-4-2-3-5-10(9)12/h2-5,11-12H,1,6-7H2. The van der Waals surface area contributed by atoms with E-state index in [1.54, 1.807) is 18.2 Å². The van der Waals surface area contributed by atoms with Crippen LogP contribution in [0.2, 0.25) is 0 Å². The molecule has 0 saturated carbocycles. The van der Waals surface area contributed by atoms with E-state index in [1.807, 2.05) is 6.07 Å². The summed E-state index contributed by atoms with van der Waals surface area (Å²) in [6.07, 6.45) is 0.498. The topological polar surface area (TPSA) is 40.5 Å². The minimum Gasteiger partial charge on any atom is -0.507 e. The number of hydrogen-bond donors (Lipinski definition) is 2. The lowest BCUT2D eigenvalue weighted by molar-refractivity contribution is 0.305. The maximum atomic E-state index is 9.37. The largest absolute Gasteiger partial charge is 0.507 e. The van der Waals surface area contributed by atoms with Gasteiger partial charge in [-0.25, -0.2) is 0 Å². The van der Waals surface area contributed by atoms with Gasteiger partial charge in [-0.2, -0.15) is 0 Å². The summed E-state index contributed by atoms with van der Waals surface area (Å²) in [6.45, 7) is 3.82. The molecule has 64 valence electrons. The second-order valence-corrected chi connectivity index (χ2v) is 2.59. The first-order valence-corrected chi connectivity index (χ1v) is 3.82. The van der Waals surface area contributed by atoms with Gasteiger partial charge in [-0.3, -0.25) is 0 Å². The molecule has 0 fully saturated rings. The number of rotatable bonds is 3. The molecule has 0 aliphatic rings. The highest BCUT2D eigenvalue weighted by molar-refractivity contribution is 5.68. The van der Waals surface area contributed by atoms with E-state index < -0.39 is 0 Å². The molecule has 0 aliphatic heterocycles. The molecule has 2 heteroatoms. The van der Waals surface area contributed by atoms with Gasteiger partial charge in [0.25, 0.3) is 0 Å². The lowest BCUT2D eigenvalue weighted by atomic mass is 10.0. The summed E-state index contributed by atoms with van der Waals surface area (Å²) in [6, 6.07) is 6.98. The SMILES string of the molecule is C=C(CCO)c1ccccc1O. The molecule has 0 bridgehead atoms. The van der Waals surface area contributed by atoms with Crippen molar-refractivity contribution in [1.29, 1.82) is 0 Å². The Balaban J connectivity index is 2.87. The third kappa shape index (κ3) is 1.86. The Kier molecular flexibility index (Phi) is 2.88. The molecule has 0 atom stereocenters. The van der Waals surface area contributed by atoms with Crippen LogP contribution in [0.4, 0.5) is 0 Å².